The Hall–Kier alpha value is -1.29. The zero-order valence-corrected chi connectivity index (χ0v) is 27.2. The molecule has 2 aromatic carbocycles. The van der Waals surface area contributed by atoms with E-state index in [1.807, 2.05) is 0 Å². The number of aliphatic hydroxyl groups is 1. The summed E-state index contributed by atoms with van der Waals surface area (Å²) in [4.78, 5) is 0. The van der Waals surface area contributed by atoms with Crippen LogP contribution in [0.25, 0.3) is 0 Å². The van der Waals surface area contributed by atoms with Crippen molar-refractivity contribution in [3.05, 3.63) is 60.7 Å². The van der Waals surface area contributed by atoms with Crippen molar-refractivity contribution in [2.75, 3.05) is 13.2 Å². The molecule has 3 rings (SSSR count). The Kier molecular flexibility index (Phi) is 10.6. The van der Waals surface area contributed by atoms with Gasteiger partial charge in [-0.25, -0.2) is 0 Å². The predicted molar refractivity (Wildman–Crippen MR) is 164 cm³/mol. The van der Waals surface area contributed by atoms with Gasteiger partial charge in [-0.2, -0.15) is 0 Å². The smallest absolute Gasteiger partial charge is 0.261 e. The first-order chi connectivity index (χ1) is 17.9. The molecule has 4 nitrogen and oxygen atoms in total. The van der Waals surface area contributed by atoms with Gasteiger partial charge in [-0.1, -0.05) is 123 Å². The van der Waals surface area contributed by atoms with E-state index in [1.165, 1.54) is 10.4 Å². The van der Waals surface area contributed by atoms with Gasteiger partial charge in [0.15, 0.2) is 0 Å². The zero-order valence-electron chi connectivity index (χ0n) is 25.2. The largest absolute Gasteiger partial charge is 0.410 e. The highest BCUT2D eigenvalue weighted by atomic mass is 28.4. The quantitative estimate of drug-likeness (QED) is 0.314. The molecule has 1 aliphatic rings. The second kappa shape index (κ2) is 12.9. The van der Waals surface area contributed by atoms with Gasteiger partial charge in [0, 0.05) is 13.0 Å². The van der Waals surface area contributed by atoms with Crippen LogP contribution in [0.15, 0.2) is 60.7 Å². The fraction of sp³-hybridized carbons (Fsp3) is 0.625. The van der Waals surface area contributed by atoms with E-state index in [2.05, 4.69) is 123 Å². The molecule has 1 aliphatic heterocycles. The number of hydrogen-bond donors (Lipinski definition) is 1. The molecule has 6 heteroatoms. The minimum Gasteiger partial charge on any atom is -0.410 e. The van der Waals surface area contributed by atoms with Crippen LogP contribution < -0.4 is 10.4 Å². The average molecular weight is 557 g/mol. The van der Waals surface area contributed by atoms with Gasteiger partial charge in [0.05, 0.1) is 18.8 Å². The molecule has 3 atom stereocenters. The minimum atomic E-state index is -2.58. The highest BCUT2D eigenvalue weighted by molar-refractivity contribution is 6.99. The molecule has 212 valence electrons. The van der Waals surface area contributed by atoms with Crippen LogP contribution in [0.4, 0.5) is 0 Å². The van der Waals surface area contributed by atoms with E-state index in [0.717, 1.165) is 6.42 Å². The standard InChI is InChI=1S/C32H52O4Si2/c1-24(2)37(25(3)4,26(5)6)36-31-22-27(34-23-30(31)33)20-21-35-38(32(7,8)9,28-16-12-10-13-17-28)29-18-14-11-15-19-29/h10-19,24-27,30-31,33H,20-23H2,1-9H3/t27-,30-,31-/m1/s1. The fourth-order valence-corrected chi connectivity index (χ4v) is 17.1. The summed E-state index contributed by atoms with van der Waals surface area (Å²) < 4.78 is 20.3. The maximum Gasteiger partial charge on any atom is 0.261 e. The fourth-order valence-electron chi connectivity index (χ4n) is 6.93. The van der Waals surface area contributed by atoms with E-state index in [0.29, 0.717) is 36.3 Å². The highest BCUT2D eigenvalue weighted by Crippen LogP contribution is 2.44. The van der Waals surface area contributed by atoms with Gasteiger partial charge in [0.2, 0.25) is 8.32 Å². The third-order valence-electron chi connectivity index (χ3n) is 8.66. The molecule has 0 bridgehead atoms. The summed E-state index contributed by atoms with van der Waals surface area (Å²) >= 11 is 0. The molecule has 1 N–H and O–H groups in total. The number of benzene rings is 2. The summed E-state index contributed by atoms with van der Waals surface area (Å²) in [6.07, 6.45) is 0.760. The number of rotatable bonds is 11. The monoisotopic (exact) mass is 556 g/mol. The first-order valence-electron chi connectivity index (χ1n) is 14.6. The molecule has 0 unspecified atom stereocenters. The lowest BCUT2D eigenvalue weighted by Crippen LogP contribution is -2.66. The molecule has 0 aliphatic carbocycles. The van der Waals surface area contributed by atoms with Gasteiger partial charge in [0.1, 0.15) is 6.10 Å². The topological polar surface area (TPSA) is 47.9 Å². The van der Waals surface area contributed by atoms with E-state index < -0.39 is 22.7 Å². The van der Waals surface area contributed by atoms with E-state index in [1.54, 1.807) is 0 Å². The molecular formula is C32H52O4Si2. The summed E-state index contributed by atoms with van der Waals surface area (Å²) in [6.45, 7) is 21.7. The van der Waals surface area contributed by atoms with Crippen molar-refractivity contribution in [1.82, 2.24) is 0 Å². The van der Waals surface area contributed by atoms with Crippen LogP contribution in [-0.2, 0) is 13.6 Å². The normalized spacial score (nSPS) is 21.4. The van der Waals surface area contributed by atoms with Gasteiger partial charge in [-0.05, 0) is 38.5 Å². The predicted octanol–water partition coefficient (Wildman–Crippen LogP) is 6.66. The van der Waals surface area contributed by atoms with Gasteiger partial charge in [-0.15, -0.1) is 0 Å². The van der Waals surface area contributed by atoms with Crippen molar-refractivity contribution in [3.8, 4) is 0 Å². The highest BCUT2D eigenvalue weighted by Gasteiger charge is 2.51. The van der Waals surface area contributed by atoms with Crippen LogP contribution in [0.3, 0.4) is 0 Å². The lowest BCUT2D eigenvalue weighted by molar-refractivity contribution is -0.120. The molecule has 0 spiro atoms. The Morgan fingerprint density at radius 2 is 1.32 bits per heavy atom. The van der Waals surface area contributed by atoms with Crippen molar-refractivity contribution in [2.45, 2.75) is 115 Å². The second-order valence-corrected chi connectivity index (χ2v) is 22.7. The lowest BCUT2D eigenvalue weighted by Gasteiger charge is -2.47. The van der Waals surface area contributed by atoms with Crippen molar-refractivity contribution < 1.29 is 18.7 Å². The van der Waals surface area contributed by atoms with Crippen molar-refractivity contribution in [1.29, 1.82) is 0 Å². The molecule has 38 heavy (non-hydrogen) atoms. The van der Waals surface area contributed by atoms with Crippen molar-refractivity contribution in [2.24, 2.45) is 0 Å². The third-order valence-corrected chi connectivity index (χ3v) is 19.8. The SMILES string of the molecule is CC(C)[Si](O[C@@H]1C[C@@H](CCO[Si](c2ccccc2)(c2ccccc2)C(C)(C)C)OC[C@H]1O)(C(C)C)C(C)C. The van der Waals surface area contributed by atoms with Gasteiger partial charge in [-0.3, -0.25) is 0 Å². The molecule has 0 radical (unpaired) electrons. The molecule has 1 saturated heterocycles. The van der Waals surface area contributed by atoms with Crippen LogP contribution in [0.5, 0.6) is 0 Å². The minimum absolute atomic E-state index is 0.0137. The van der Waals surface area contributed by atoms with Crippen LogP contribution in [0.2, 0.25) is 21.7 Å². The second-order valence-electron chi connectivity index (χ2n) is 13.0. The molecule has 1 heterocycles. The number of aliphatic hydroxyl groups excluding tert-OH is 1. The molecule has 0 saturated carbocycles. The summed E-state index contributed by atoms with van der Waals surface area (Å²) in [5.41, 5.74) is 1.44. The van der Waals surface area contributed by atoms with E-state index in [9.17, 15) is 5.11 Å². The average Bonchev–Trinajstić information content (AvgIpc) is 2.86. The van der Waals surface area contributed by atoms with Crippen LogP contribution >= 0.6 is 0 Å². The summed E-state index contributed by atoms with van der Waals surface area (Å²) in [6, 6.07) is 21.6. The van der Waals surface area contributed by atoms with Gasteiger partial charge >= 0.3 is 0 Å². The van der Waals surface area contributed by atoms with E-state index in [-0.39, 0.29) is 17.2 Å². The van der Waals surface area contributed by atoms with Gasteiger partial charge < -0.3 is 18.7 Å². The molecular weight excluding hydrogens is 505 g/mol. The summed E-state index contributed by atoms with van der Waals surface area (Å²) in [5.74, 6) is 0. The van der Waals surface area contributed by atoms with Gasteiger partial charge in [0.25, 0.3) is 8.32 Å². The Labute approximate surface area is 234 Å². The lowest BCUT2D eigenvalue weighted by atomic mass is 10.0. The number of hydrogen-bond acceptors (Lipinski definition) is 4. The molecule has 0 amide bonds. The zero-order chi connectivity index (χ0) is 28.1. The number of ether oxygens (including phenoxy) is 1. The van der Waals surface area contributed by atoms with Crippen LogP contribution in [-0.4, -0.2) is 53.3 Å². The first kappa shape index (κ1) is 31.2. The summed E-state index contributed by atoms with van der Waals surface area (Å²) in [7, 11) is -4.68. The van der Waals surface area contributed by atoms with Crippen molar-refractivity contribution in [3.63, 3.8) is 0 Å². The first-order valence-corrected chi connectivity index (χ1v) is 18.6. The third kappa shape index (κ3) is 6.37. The molecule has 1 fully saturated rings. The van der Waals surface area contributed by atoms with Crippen LogP contribution in [0.1, 0.15) is 75.2 Å². The Morgan fingerprint density at radius 1 is 0.842 bits per heavy atom. The molecule has 2 aromatic rings. The van der Waals surface area contributed by atoms with Crippen LogP contribution in [0, 0.1) is 0 Å². The van der Waals surface area contributed by atoms with E-state index >= 15 is 0 Å². The maximum atomic E-state index is 10.9. The Balaban J connectivity index is 1.81. The van der Waals surface area contributed by atoms with E-state index in [4.69, 9.17) is 13.6 Å². The maximum absolute atomic E-state index is 10.9. The Bertz CT molecular complexity index is 911. The Morgan fingerprint density at radius 3 is 1.74 bits per heavy atom. The molecule has 0 aromatic heterocycles. The summed E-state index contributed by atoms with van der Waals surface area (Å²) in [5, 5.41) is 13.4. The van der Waals surface area contributed by atoms with Crippen molar-refractivity contribution >= 4 is 27.0 Å².